The van der Waals surface area contributed by atoms with Gasteiger partial charge in [-0.15, -0.1) is 23.7 Å². The number of hydrogen-bond acceptors (Lipinski definition) is 4. The molecule has 4 nitrogen and oxygen atoms in total. The van der Waals surface area contributed by atoms with Crippen LogP contribution in [0, 0.1) is 47.4 Å². The molecule has 0 aromatic rings. The van der Waals surface area contributed by atoms with Gasteiger partial charge in [0.1, 0.15) is 13.2 Å². The lowest BCUT2D eigenvalue weighted by Gasteiger charge is -2.24. The predicted octanol–water partition coefficient (Wildman–Crippen LogP) is 2.34. The van der Waals surface area contributed by atoms with Gasteiger partial charge in [-0.2, -0.15) is 0 Å². The normalized spacial score (nSPS) is 26.7. The summed E-state index contributed by atoms with van der Waals surface area (Å²) in [5, 5.41) is 0. The number of carbonyl (C=O) groups is 2. The molecule has 0 N–H and O–H groups in total. The minimum Gasteiger partial charge on any atom is -0.464 e. The van der Waals surface area contributed by atoms with E-state index in [1.807, 2.05) is 12.2 Å². The zero-order valence-electron chi connectivity index (χ0n) is 13.6. The van der Waals surface area contributed by atoms with Crippen LogP contribution in [-0.2, 0) is 19.1 Å². The minimum absolute atomic E-state index is 0.0812. The summed E-state index contributed by atoms with van der Waals surface area (Å²) in [5.74, 6) is 9.92. The van der Waals surface area contributed by atoms with Crippen LogP contribution in [0.5, 0.6) is 0 Å². The molecule has 23 heavy (non-hydrogen) atoms. The number of fused-ring (bicyclic) bond motifs is 2. The van der Waals surface area contributed by atoms with Crippen molar-refractivity contribution >= 4 is 11.9 Å². The minimum atomic E-state index is -0.427. The Morgan fingerprint density at radius 3 is 1.74 bits per heavy atom. The summed E-state index contributed by atoms with van der Waals surface area (Å²) < 4.78 is 10.6. The molecule has 0 unspecified atom stereocenters. The Kier molecular flexibility index (Phi) is 6.29. The number of hydrogen-bond donors (Lipinski definition) is 0. The Bertz CT molecular complexity index is 544. The molecular weight excluding hydrogens is 292 g/mol. The molecule has 4 heteroatoms. The molecular formula is C19H22O4. The highest BCUT2D eigenvalue weighted by atomic mass is 16.5. The van der Waals surface area contributed by atoms with Gasteiger partial charge in [-0.1, -0.05) is 12.2 Å². The lowest BCUT2D eigenvalue weighted by atomic mass is 9.83. The highest BCUT2D eigenvalue weighted by Gasteiger charge is 2.53. The van der Waals surface area contributed by atoms with E-state index >= 15 is 0 Å². The number of carbonyl (C=O) groups excluding carboxylic acids is 2. The summed E-state index contributed by atoms with van der Waals surface area (Å²) >= 11 is 0. The van der Waals surface area contributed by atoms with Crippen molar-refractivity contribution in [3.05, 3.63) is 12.2 Å². The van der Waals surface area contributed by atoms with E-state index in [1.54, 1.807) is 13.8 Å². The van der Waals surface area contributed by atoms with Crippen LogP contribution in [0.25, 0.3) is 0 Å². The summed E-state index contributed by atoms with van der Waals surface area (Å²) in [4.78, 5) is 24.7. The monoisotopic (exact) mass is 314 g/mol. The zero-order chi connectivity index (χ0) is 16.7. The topological polar surface area (TPSA) is 52.6 Å². The molecule has 0 heterocycles. The zero-order valence-corrected chi connectivity index (χ0v) is 13.6. The van der Waals surface area contributed by atoms with Gasteiger partial charge in [0.15, 0.2) is 0 Å². The smallest absolute Gasteiger partial charge is 0.310 e. The number of rotatable bonds is 6. The van der Waals surface area contributed by atoms with E-state index in [-0.39, 0.29) is 37.0 Å². The summed E-state index contributed by atoms with van der Waals surface area (Å²) in [6, 6.07) is 0. The first-order valence-electron chi connectivity index (χ1n) is 7.99. The molecule has 122 valence electrons. The molecule has 2 bridgehead atoms. The van der Waals surface area contributed by atoms with E-state index in [4.69, 9.17) is 9.47 Å². The van der Waals surface area contributed by atoms with E-state index in [0.29, 0.717) is 12.8 Å². The van der Waals surface area contributed by atoms with Crippen molar-refractivity contribution in [1.29, 1.82) is 0 Å². The number of allylic oxidation sites excluding steroid dienone is 2. The quantitative estimate of drug-likeness (QED) is 0.327. The lowest BCUT2D eigenvalue weighted by molar-refractivity contribution is -0.161. The van der Waals surface area contributed by atoms with Crippen LogP contribution in [0.4, 0.5) is 0 Å². The van der Waals surface area contributed by atoms with Crippen molar-refractivity contribution in [1.82, 2.24) is 0 Å². The number of ether oxygens (including phenoxy) is 2. The van der Waals surface area contributed by atoms with Crippen LogP contribution in [0.2, 0.25) is 0 Å². The number of esters is 2. The van der Waals surface area contributed by atoms with E-state index < -0.39 is 11.8 Å². The van der Waals surface area contributed by atoms with Crippen LogP contribution in [0.3, 0.4) is 0 Å². The Morgan fingerprint density at radius 1 is 0.913 bits per heavy atom. The fraction of sp³-hybridized carbons (Fsp3) is 0.579. The van der Waals surface area contributed by atoms with E-state index in [0.717, 1.165) is 6.42 Å². The van der Waals surface area contributed by atoms with E-state index in [1.165, 1.54) is 0 Å². The van der Waals surface area contributed by atoms with Crippen LogP contribution in [-0.4, -0.2) is 25.2 Å². The van der Waals surface area contributed by atoms with Crippen LogP contribution < -0.4 is 0 Å². The molecule has 1 fully saturated rings. The van der Waals surface area contributed by atoms with Gasteiger partial charge in [0.2, 0.25) is 0 Å². The average Bonchev–Trinajstić information content (AvgIpc) is 3.16. The van der Waals surface area contributed by atoms with Crippen molar-refractivity contribution < 1.29 is 19.1 Å². The molecule has 0 amide bonds. The van der Waals surface area contributed by atoms with Crippen molar-refractivity contribution in [2.45, 2.75) is 33.1 Å². The van der Waals surface area contributed by atoms with Gasteiger partial charge >= 0.3 is 11.9 Å². The molecule has 2 rings (SSSR count). The van der Waals surface area contributed by atoms with Gasteiger partial charge in [-0.25, -0.2) is 0 Å². The summed E-state index contributed by atoms with van der Waals surface area (Å²) in [7, 11) is 0. The maximum atomic E-state index is 12.4. The van der Waals surface area contributed by atoms with Gasteiger partial charge in [0.05, 0.1) is 11.8 Å². The highest BCUT2D eigenvalue weighted by Crippen LogP contribution is 2.49. The second kappa shape index (κ2) is 8.44. The summed E-state index contributed by atoms with van der Waals surface area (Å²) in [5.41, 5.74) is 0. The Balaban J connectivity index is 1.94. The van der Waals surface area contributed by atoms with Crippen LogP contribution in [0.1, 0.15) is 33.1 Å². The van der Waals surface area contributed by atoms with Gasteiger partial charge in [0, 0.05) is 12.8 Å². The largest absolute Gasteiger partial charge is 0.464 e. The third kappa shape index (κ3) is 4.17. The Morgan fingerprint density at radius 2 is 1.35 bits per heavy atom. The fourth-order valence-electron chi connectivity index (χ4n) is 3.31. The van der Waals surface area contributed by atoms with Gasteiger partial charge in [0.25, 0.3) is 0 Å². The second-order valence-electron chi connectivity index (χ2n) is 5.69. The van der Waals surface area contributed by atoms with E-state index in [9.17, 15) is 9.59 Å². The average molecular weight is 314 g/mol. The van der Waals surface area contributed by atoms with Gasteiger partial charge in [-0.3, -0.25) is 9.59 Å². The molecule has 0 aliphatic heterocycles. The van der Waals surface area contributed by atoms with Crippen LogP contribution >= 0.6 is 0 Å². The first-order chi connectivity index (χ1) is 11.2. The molecule has 0 aromatic carbocycles. The van der Waals surface area contributed by atoms with Crippen molar-refractivity contribution in [2.75, 3.05) is 13.2 Å². The van der Waals surface area contributed by atoms with Gasteiger partial charge < -0.3 is 9.47 Å². The van der Waals surface area contributed by atoms with Crippen molar-refractivity contribution in [3.63, 3.8) is 0 Å². The van der Waals surface area contributed by atoms with Gasteiger partial charge in [-0.05, 0) is 32.1 Å². The molecule has 1 saturated carbocycles. The third-order valence-electron chi connectivity index (χ3n) is 4.30. The molecule has 2 aliphatic rings. The highest BCUT2D eigenvalue weighted by molar-refractivity contribution is 5.84. The van der Waals surface area contributed by atoms with Crippen molar-refractivity contribution in [2.24, 2.45) is 23.7 Å². The molecule has 0 radical (unpaired) electrons. The van der Waals surface area contributed by atoms with E-state index in [2.05, 4.69) is 23.7 Å². The SMILES string of the molecule is CC#CCCOC(=O)[C@@H]1[C@H](C(=O)OCCC#CC)[C@@H]2C=C[C@H]1C2. The molecule has 0 saturated heterocycles. The maximum Gasteiger partial charge on any atom is 0.310 e. The molecule has 4 atom stereocenters. The van der Waals surface area contributed by atoms with Crippen LogP contribution in [0.15, 0.2) is 12.2 Å². The predicted molar refractivity (Wildman–Crippen MR) is 85.8 cm³/mol. The third-order valence-corrected chi connectivity index (χ3v) is 4.30. The maximum absolute atomic E-state index is 12.4. The first-order valence-corrected chi connectivity index (χ1v) is 7.99. The fourth-order valence-corrected chi connectivity index (χ4v) is 3.31. The molecule has 0 aromatic heterocycles. The summed E-state index contributed by atoms with van der Waals surface area (Å²) in [6.45, 7) is 4.03. The standard InChI is InChI=1S/C19H22O4/c1-3-5-7-11-22-18(20)16-14-9-10-15(13-14)17(16)19(21)23-12-8-6-4-2/h9-10,14-17H,7-8,11-13H2,1-2H3/t14-,15+,16-,17+. The molecule has 0 spiro atoms. The van der Waals surface area contributed by atoms with Crippen molar-refractivity contribution in [3.8, 4) is 23.7 Å². The Labute approximate surface area is 137 Å². The first kappa shape index (κ1) is 17.2. The molecule has 2 aliphatic carbocycles. The Hall–Kier alpha value is -2.20. The summed E-state index contributed by atoms with van der Waals surface area (Å²) in [6.07, 6.45) is 5.90. The second-order valence-corrected chi connectivity index (χ2v) is 5.69. The lowest BCUT2D eigenvalue weighted by Crippen LogP contribution is -2.35.